The fraction of sp³-hybridized carbons (Fsp3) is 0.429. The fourth-order valence-electron chi connectivity index (χ4n) is 1.72. The van der Waals surface area contributed by atoms with Gasteiger partial charge in [0.25, 0.3) is 0 Å². The summed E-state index contributed by atoms with van der Waals surface area (Å²) in [6.07, 6.45) is -0.205. The van der Waals surface area contributed by atoms with Crippen molar-refractivity contribution in [3.63, 3.8) is 0 Å². The maximum Gasteiger partial charge on any atom is 0.225 e. The number of amides is 1. The molecule has 0 saturated heterocycles. The second kappa shape index (κ2) is 7.58. The number of ether oxygens (including phenoxy) is 1. The lowest BCUT2D eigenvalue weighted by atomic mass is 10.1. The Morgan fingerprint density at radius 3 is 2.85 bits per heavy atom. The van der Waals surface area contributed by atoms with E-state index in [9.17, 15) is 9.18 Å². The molecule has 20 heavy (non-hydrogen) atoms. The van der Waals surface area contributed by atoms with Crippen molar-refractivity contribution < 1.29 is 13.9 Å². The molecular formula is C14H18FN3O2. The van der Waals surface area contributed by atoms with Gasteiger partial charge in [0.1, 0.15) is 5.82 Å². The van der Waals surface area contributed by atoms with E-state index in [2.05, 4.69) is 0 Å². The van der Waals surface area contributed by atoms with Crippen LogP contribution in [0.2, 0.25) is 0 Å². The van der Waals surface area contributed by atoms with Crippen molar-refractivity contribution in [1.29, 1.82) is 5.26 Å². The van der Waals surface area contributed by atoms with E-state index in [1.54, 1.807) is 7.05 Å². The topological polar surface area (TPSA) is 79.3 Å². The third-order valence-corrected chi connectivity index (χ3v) is 3.01. The average molecular weight is 279 g/mol. The highest BCUT2D eigenvalue weighted by molar-refractivity contribution is 5.76. The number of nitrogens with zero attached hydrogens (tertiary/aromatic N) is 2. The molecule has 1 aromatic rings. The third-order valence-electron chi connectivity index (χ3n) is 3.01. The molecule has 108 valence electrons. The predicted molar refractivity (Wildman–Crippen MR) is 72.1 cm³/mol. The molecule has 5 nitrogen and oxygen atoms in total. The zero-order valence-corrected chi connectivity index (χ0v) is 11.6. The molecule has 0 radical (unpaired) electrons. The Kier molecular flexibility index (Phi) is 6.10. The molecule has 0 saturated carbocycles. The van der Waals surface area contributed by atoms with Crippen molar-refractivity contribution in [1.82, 2.24) is 4.90 Å². The number of hydrogen-bond donors (Lipinski definition) is 1. The van der Waals surface area contributed by atoms with Gasteiger partial charge in [-0.2, -0.15) is 5.26 Å². The lowest BCUT2D eigenvalue weighted by Crippen LogP contribution is -2.33. The SMILES string of the molecule is COC(CN)CC(=O)N(C)Cc1cc(C#N)ccc1F. The number of hydrogen-bond acceptors (Lipinski definition) is 4. The summed E-state index contributed by atoms with van der Waals surface area (Å²) in [6, 6.07) is 6.01. The van der Waals surface area contributed by atoms with Crippen LogP contribution in [0.25, 0.3) is 0 Å². The maximum atomic E-state index is 13.6. The first-order valence-corrected chi connectivity index (χ1v) is 6.17. The Balaban J connectivity index is 2.73. The Morgan fingerprint density at radius 2 is 2.30 bits per heavy atom. The van der Waals surface area contributed by atoms with Crippen molar-refractivity contribution >= 4 is 5.91 Å². The molecule has 0 heterocycles. The first-order chi connectivity index (χ1) is 9.51. The summed E-state index contributed by atoms with van der Waals surface area (Å²) in [5.41, 5.74) is 6.12. The molecule has 0 aliphatic heterocycles. The Morgan fingerprint density at radius 1 is 1.60 bits per heavy atom. The van der Waals surface area contributed by atoms with Crippen molar-refractivity contribution in [2.75, 3.05) is 20.7 Å². The van der Waals surface area contributed by atoms with E-state index in [0.29, 0.717) is 11.1 Å². The van der Waals surface area contributed by atoms with Gasteiger partial charge in [-0.1, -0.05) is 0 Å². The molecule has 1 atom stereocenters. The summed E-state index contributed by atoms with van der Waals surface area (Å²) in [5, 5.41) is 8.80. The first kappa shape index (κ1) is 16.1. The Hall–Kier alpha value is -1.97. The van der Waals surface area contributed by atoms with Crippen LogP contribution in [-0.4, -0.2) is 37.6 Å². The summed E-state index contributed by atoms with van der Waals surface area (Å²) >= 11 is 0. The van der Waals surface area contributed by atoms with Gasteiger partial charge in [0.15, 0.2) is 0 Å². The van der Waals surface area contributed by atoms with Crippen LogP contribution in [0, 0.1) is 17.1 Å². The first-order valence-electron chi connectivity index (χ1n) is 6.17. The van der Waals surface area contributed by atoms with Crippen molar-refractivity contribution in [3.05, 3.63) is 35.1 Å². The summed E-state index contributed by atoms with van der Waals surface area (Å²) in [4.78, 5) is 13.3. The number of carbonyl (C=O) groups is 1. The van der Waals surface area contributed by atoms with Gasteiger partial charge >= 0.3 is 0 Å². The predicted octanol–water partition coefficient (Wildman–Crippen LogP) is 1.02. The van der Waals surface area contributed by atoms with Crippen LogP contribution < -0.4 is 5.73 Å². The molecule has 0 fully saturated rings. The summed E-state index contributed by atoms with van der Waals surface area (Å²) < 4.78 is 18.7. The number of methoxy groups -OCH3 is 1. The van der Waals surface area contributed by atoms with E-state index in [1.165, 1.54) is 30.2 Å². The number of benzene rings is 1. The van der Waals surface area contributed by atoms with Gasteiger partial charge in [-0.25, -0.2) is 4.39 Å². The van der Waals surface area contributed by atoms with E-state index < -0.39 is 5.82 Å². The minimum atomic E-state index is -0.439. The van der Waals surface area contributed by atoms with E-state index in [4.69, 9.17) is 15.7 Å². The van der Waals surface area contributed by atoms with Gasteiger partial charge in [-0.3, -0.25) is 4.79 Å². The van der Waals surface area contributed by atoms with Gasteiger partial charge in [-0.05, 0) is 18.2 Å². The van der Waals surface area contributed by atoms with Crippen LogP contribution in [0.1, 0.15) is 17.5 Å². The highest BCUT2D eigenvalue weighted by atomic mass is 19.1. The molecule has 1 aromatic carbocycles. The van der Waals surface area contributed by atoms with Crippen molar-refractivity contribution in [2.45, 2.75) is 19.1 Å². The van der Waals surface area contributed by atoms with Crippen molar-refractivity contribution in [2.24, 2.45) is 5.73 Å². The third kappa shape index (κ3) is 4.30. The van der Waals surface area contributed by atoms with E-state index in [0.717, 1.165) is 0 Å². The minimum Gasteiger partial charge on any atom is -0.380 e. The van der Waals surface area contributed by atoms with Gasteiger partial charge in [0, 0.05) is 32.8 Å². The van der Waals surface area contributed by atoms with Crippen LogP contribution in [0.5, 0.6) is 0 Å². The molecule has 0 bridgehead atoms. The second-order valence-corrected chi connectivity index (χ2v) is 4.47. The molecule has 0 aliphatic carbocycles. The van der Waals surface area contributed by atoms with Crippen LogP contribution in [0.15, 0.2) is 18.2 Å². The van der Waals surface area contributed by atoms with Gasteiger partial charge < -0.3 is 15.4 Å². The summed E-state index contributed by atoms with van der Waals surface area (Å²) in [7, 11) is 3.06. The number of nitriles is 1. The lowest BCUT2D eigenvalue weighted by Gasteiger charge is -2.20. The van der Waals surface area contributed by atoms with Crippen molar-refractivity contribution in [3.8, 4) is 6.07 Å². The standard InChI is InChI=1S/C14H18FN3O2/c1-18(14(19)6-12(8-17)20-2)9-11-5-10(7-16)3-4-13(11)15/h3-5,12H,6,8-9,17H2,1-2H3. The van der Waals surface area contributed by atoms with Gasteiger partial charge in [-0.15, -0.1) is 0 Å². The maximum absolute atomic E-state index is 13.6. The molecular weight excluding hydrogens is 261 g/mol. The number of nitrogens with two attached hydrogens (primary N) is 1. The second-order valence-electron chi connectivity index (χ2n) is 4.47. The van der Waals surface area contributed by atoms with Gasteiger partial charge in [0.05, 0.1) is 24.2 Å². The molecule has 0 aliphatic rings. The molecule has 2 N–H and O–H groups in total. The molecule has 0 spiro atoms. The molecule has 6 heteroatoms. The molecule has 1 rings (SSSR count). The van der Waals surface area contributed by atoms with E-state index in [1.807, 2.05) is 6.07 Å². The number of halogens is 1. The minimum absolute atomic E-state index is 0.0984. The Bertz CT molecular complexity index is 510. The highest BCUT2D eigenvalue weighted by Gasteiger charge is 2.16. The van der Waals surface area contributed by atoms with Crippen LogP contribution in [-0.2, 0) is 16.1 Å². The number of rotatable bonds is 6. The molecule has 1 unspecified atom stereocenters. The lowest BCUT2D eigenvalue weighted by molar-refractivity contribution is -0.132. The monoisotopic (exact) mass is 279 g/mol. The quantitative estimate of drug-likeness (QED) is 0.843. The average Bonchev–Trinajstić information content (AvgIpc) is 2.46. The molecule has 1 amide bonds. The largest absolute Gasteiger partial charge is 0.380 e. The highest BCUT2D eigenvalue weighted by Crippen LogP contribution is 2.13. The van der Waals surface area contributed by atoms with Crippen LogP contribution in [0.4, 0.5) is 4.39 Å². The van der Waals surface area contributed by atoms with Gasteiger partial charge in [0.2, 0.25) is 5.91 Å². The van der Waals surface area contributed by atoms with E-state index >= 15 is 0 Å². The van der Waals surface area contributed by atoms with Crippen LogP contribution in [0.3, 0.4) is 0 Å². The van der Waals surface area contributed by atoms with E-state index in [-0.39, 0.29) is 31.5 Å². The van der Waals surface area contributed by atoms with Crippen LogP contribution >= 0.6 is 0 Å². The zero-order chi connectivity index (χ0) is 15.1. The fourth-order valence-corrected chi connectivity index (χ4v) is 1.72. The zero-order valence-electron chi connectivity index (χ0n) is 11.6. The Labute approximate surface area is 117 Å². The summed E-state index contributed by atoms with van der Waals surface area (Å²) in [6.45, 7) is 0.343. The normalized spacial score (nSPS) is 11.8. The number of carbonyl (C=O) groups excluding carboxylic acids is 1. The summed E-state index contributed by atoms with van der Waals surface area (Å²) in [5.74, 6) is -0.630. The smallest absolute Gasteiger partial charge is 0.225 e. The molecule has 0 aromatic heterocycles.